The smallest absolute Gasteiger partial charge is 0.167 e. The molecule has 1 aliphatic heterocycles. The molecule has 1 aromatic rings. The Morgan fingerprint density at radius 2 is 2.00 bits per heavy atom. The van der Waals surface area contributed by atoms with Crippen LogP contribution in [0.5, 0.6) is 11.5 Å². The molecule has 4 nitrogen and oxygen atoms in total. The normalized spacial score (nSPS) is 23.1. The van der Waals surface area contributed by atoms with Crippen LogP contribution in [-0.2, 0) is 11.3 Å². The van der Waals surface area contributed by atoms with Gasteiger partial charge in [0.05, 0.1) is 19.3 Å². The lowest BCUT2D eigenvalue weighted by molar-refractivity contribution is -0.0849. The molecule has 1 aliphatic rings. The third-order valence-electron chi connectivity index (χ3n) is 3.74. The number of benzene rings is 1. The zero-order valence-electron chi connectivity index (χ0n) is 13.2. The summed E-state index contributed by atoms with van der Waals surface area (Å²) in [7, 11) is 1.56. The fourth-order valence-electron chi connectivity index (χ4n) is 2.86. The van der Waals surface area contributed by atoms with E-state index in [1.165, 1.54) is 0 Å². The molecule has 1 heterocycles. The molecule has 21 heavy (non-hydrogen) atoms. The minimum absolute atomic E-state index is 0.132. The lowest BCUT2D eigenvalue weighted by Gasteiger charge is -2.28. The largest absolute Gasteiger partial charge is 0.493 e. The Kier molecular flexibility index (Phi) is 4.43. The molecule has 0 radical (unpaired) electrons. The lowest BCUT2D eigenvalue weighted by atomic mass is 9.97. The summed E-state index contributed by atoms with van der Waals surface area (Å²) in [5.41, 5.74) is -0.0477. The summed E-state index contributed by atoms with van der Waals surface area (Å²) >= 11 is 6.03. The van der Waals surface area contributed by atoms with Crippen molar-refractivity contribution < 1.29 is 19.3 Å². The van der Waals surface area contributed by atoms with Crippen molar-refractivity contribution in [3.05, 3.63) is 22.7 Å². The molecule has 1 aromatic carbocycles. The van der Waals surface area contributed by atoms with Crippen molar-refractivity contribution in [2.45, 2.75) is 58.0 Å². The highest BCUT2D eigenvalue weighted by Gasteiger charge is 2.47. The van der Waals surface area contributed by atoms with Crippen LogP contribution >= 0.6 is 11.6 Å². The summed E-state index contributed by atoms with van der Waals surface area (Å²) in [6.45, 7) is 7.94. The third kappa shape index (κ3) is 3.44. The number of rotatable bonds is 4. The van der Waals surface area contributed by atoms with E-state index >= 15 is 0 Å². The van der Waals surface area contributed by atoms with Gasteiger partial charge in [-0.1, -0.05) is 11.6 Å². The van der Waals surface area contributed by atoms with Gasteiger partial charge in [-0.3, -0.25) is 0 Å². The van der Waals surface area contributed by atoms with Crippen LogP contribution < -0.4 is 9.47 Å². The second kappa shape index (κ2) is 5.67. The zero-order valence-corrected chi connectivity index (χ0v) is 14.0. The highest BCUT2D eigenvalue weighted by atomic mass is 35.5. The summed E-state index contributed by atoms with van der Waals surface area (Å²) in [5, 5.41) is 10.0. The van der Waals surface area contributed by atoms with Crippen LogP contribution in [0.15, 0.2) is 12.1 Å². The molecule has 1 unspecified atom stereocenters. The van der Waals surface area contributed by atoms with Crippen molar-refractivity contribution in [1.29, 1.82) is 0 Å². The minimum atomic E-state index is -0.416. The first kappa shape index (κ1) is 16.4. The molecule has 118 valence electrons. The quantitative estimate of drug-likeness (QED) is 0.923. The first-order valence-corrected chi connectivity index (χ1v) is 7.40. The van der Waals surface area contributed by atoms with E-state index in [1.807, 2.05) is 27.7 Å². The van der Waals surface area contributed by atoms with E-state index < -0.39 is 5.60 Å². The van der Waals surface area contributed by atoms with E-state index in [9.17, 15) is 5.11 Å². The summed E-state index contributed by atoms with van der Waals surface area (Å²) in [6.07, 6.45) is 0.629. The number of hydrogen-bond acceptors (Lipinski definition) is 4. The van der Waals surface area contributed by atoms with Gasteiger partial charge in [0.15, 0.2) is 11.5 Å². The number of hydrogen-bond donors (Lipinski definition) is 1. The Balaban J connectivity index is 2.35. The average Bonchev–Trinajstić information content (AvgIpc) is 2.58. The summed E-state index contributed by atoms with van der Waals surface area (Å²) < 4.78 is 17.5. The standard InChI is InChI=1S/C16H23ClO4/c1-15(2)8-13(16(3,4)21-15)20-14-10(9-18)6-11(17)7-12(14)19-5/h6-7,13,18H,8-9H2,1-5H3. The van der Waals surface area contributed by atoms with Crippen molar-refractivity contribution in [1.82, 2.24) is 0 Å². The topological polar surface area (TPSA) is 47.9 Å². The van der Waals surface area contributed by atoms with Gasteiger partial charge in [0.2, 0.25) is 0 Å². The van der Waals surface area contributed by atoms with E-state index in [4.69, 9.17) is 25.8 Å². The van der Waals surface area contributed by atoms with Crippen molar-refractivity contribution in [3.63, 3.8) is 0 Å². The Bertz CT molecular complexity index is 500. The molecular formula is C16H23ClO4. The van der Waals surface area contributed by atoms with Gasteiger partial charge in [-0.05, 0) is 33.8 Å². The maximum atomic E-state index is 9.54. The van der Waals surface area contributed by atoms with Crippen LogP contribution in [0.1, 0.15) is 39.7 Å². The average molecular weight is 315 g/mol. The van der Waals surface area contributed by atoms with E-state index in [1.54, 1.807) is 19.2 Å². The van der Waals surface area contributed by atoms with Gasteiger partial charge in [-0.25, -0.2) is 0 Å². The van der Waals surface area contributed by atoms with Crippen LogP contribution in [0, 0.1) is 0 Å². The number of methoxy groups -OCH3 is 1. The van der Waals surface area contributed by atoms with Gasteiger partial charge >= 0.3 is 0 Å². The van der Waals surface area contributed by atoms with Crippen LogP contribution in [-0.4, -0.2) is 29.5 Å². The number of ether oxygens (including phenoxy) is 3. The van der Waals surface area contributed by atoms with Gasteiger partial charge < -0.3 is 19.3 Å². The first-order valence-electron chi connectivity index (χ1n) is 7.02. The molecule has 2 rings (SSSR count). The van der Waals surface area contributed by atoms with Crippen molar-refractivity contribution in [2.24, 2.45) is 0 Å². The fraction of sp³-hybridized carbons (Fsp3) is 0.625. The maximum absolute atomic E-state index is 9.54. The Morgan fingerprint density at radius 3 is 2.48 bits per heavy atom. The molecule has 1 fully saturated rings. The Morgan fingerprint density at radius 1 is 1.33 bits per heavy atom. The number of halogens is 1. The molecule has 1 saturated heterocycles. The lowest BCUT2D eigenvalue weighted by Crippen LogP contribution is -2.37. The van der Waals surface area contributed by atoms with Gasteiger partial charge in [0.1, 0.15) is 11.7 Å². The third-order valence-corrected chi connectivity index (χ3v) is 3.96. The Hall–Kier alpha value is -0.970. The molecule has 0 spiro atoms. The van der Waals surface area contributed by atoms with E-state index in [-0.39, 0.29) is 18.3 Å². The molecule has 0 amide bonds. The molecular weight excluding hydrogens is 292 g/mol. The van der Waals surface area contributed by atoms with Gasteiger partial charge in [-0.15, -0.1) is 0 Å². The van der Waals surface area contributed by atoms with Gasteiger partial charge in [0.25, 0.3) is 0 Å². The second-order valence-corrected chi connectivity index (χ2v) is 6.97. The monoisotopic (exact) mass is 314 g/mol. The molecule has 1 N–H and O–H groups in total. The highest BCUT2D eigenvalue weighted by molar-refractivity contribution is 6.30. The van der Waals surface area contributed by atoms with Crippen molar-refractivity contribution in [2.75, 3.05) is 7.11 Å². The molecule has 0 saturated carbocycles. The van der Waals surface area contributed by atoms with Gasteiger partial charge in [-0.2, -0.15) is 0 Å². The van der Waals surface area contributed by atoms with E-state index in [2.05, 4.69) is 0 Å². The first-order chi connectivity index (χ1) is 9.68. The molecule has 0 bridgehead atoms. The van der Waals surface area contributed by atoms with Crippen LogP contribution in [0.2, 0.25) is 5.02 Å². The predicted molar refractivity (Wildman–Crippen MR) is 82.2 cm³/mol. The predicted octanol–water partition coefficient (Wildman–Crippen LogP) is 3.57. The van der Waals surface area contributed by atoms with Crippen molar-refractivity contribution >= 4 is 11.6 Å². The molecule has 0 aliphatic carbocycles. The maximum Gasteiger partial charge on any atom is 0.167 e. The SMILES string of the molecule is COc1cc(Cl)cc(CO)c1OC1CC(C)(C)OC1(C)C. The second-order valence-electron chi connectivity index (χ2n) is 6.53. The van der Waals surface area contributed by atoms with Gasteiger partial charge in [0, 0.05) is 23.1 Å². The summed E-state index contributed by atoms with van der Waals surface area (Å²) in [5.74, 6) is 1.05. The molecule has 5 heteroatoms. The van der Waals surface area contributed by atoms with E-state index in [0.717, 1.165) is 6.42 Å². The summed E-state index contributed by atoms with van der Waals surface area (Å²) in [4.78, 5) is 0. The molecule has 1 atom stereocenters. The van der Waals surface area contributed by atoms with Crippen molar-refractivity contribution in [3.8, 4) is 11.5 Å². The van der Waals surface area contributed by atoms with Crippen LogP contribution in [0.25, 0.3) is 0 Å². The van der Waals surface area contributed by atoms with E-state index in [0.29, 0.717) is 22.1 Å². The number of aliphatic hydroxyl groups is 1. The fourth-order valence-corrected chi connectivity index (χ4v) is 3.09. The van der Waals surface area contributed by atoms with Crippen LogP contribution in [0.4, 0.5) is 0 Å². The zero-order chi connectivity index (χ0) is 15.8. The van der Waals surface area contributed by atoms with Crippen LogP contribution in [0.3, 0.4) is 0 Å². The molecule has 0 aromatic heterocycles. The number of aliphatic hydroxyl groups excluding tert-OH is 1. The summed E-state index contributed by atoms with van der Waals surface area (Å²) in [6, 6.07) is 3.37. The Labute approximate surface area is 131 Å². The minimum Gasteiger partial charge on any atom is -0.493 e. The highest BCUT2D eigenvalue weighted by Crippen LogP contribution is 2.43.